The smallest absolute Gasteiger partial charge is 0.332 e. The lowest BCUT2D eigenvalue weighted by atomic mass is 10.2. The quantitative estimate of drug-likeness (QED) is 0.422. The Kier molecular flexibility index (Phi) is 6.82. The number of unbranched alkanes of at least 4 members (excludes halogenated alkanes) is 3. The average molecular weight is 462 g/mol. The van der Waals surface area contributed by atoms with Crippen LogP contribution >= 0.6 is 22.9 Å². The fourth-order valence-corrected chi connectivity index (χ4v) is 4.50. The number of aryl methyl sites for hydroxylation is 1. The Balaban J connectivity index is 1.44. The van der Waals surface area contributed by atoms with Crippen molar-refractivity contribution >= 4 is 33.9 Å². The van der Waals surface area contributed by atoms with Crippen molar-refractivity contribution in [1.82, 2.24) is 19.3 Å². The summed E-state index contributed by atoms with van der Waals surface area (Å²) in [7, 11) is 0. The predicted molar refractivity (Wildman–Crippen MR) is 122 cm³/mol. The van der Waals surface area contributed by atoms with E-state index < -0.39 is 0 Å². The van der Waals surface area contributed by atoms with E-state index in [1.807, 2.05) is 16.8 Å². The van der Waals surface area contributed by atoms with Crippen LogP contribution in [0.4, 0.5) is 5.82 Å². The van der Waals surface area contributed by atoms with Crippen molar-refractivity contribution < 1.29 is 4.52 Å². The number of fused-ring (bicyclic) bond motifs is 1. The molecular weight excluding hydrogens is 438 g/mol. The first-order chi connectivity index (χ1) is 15.1. The summed E-state index contributed by atoms with van der Waals surface area (Å²) < 4.78 is 8.22. The second-order valence-corrected chi connectivity index (χ2v) is 8.77. The number of aliphatic imine (C=N–C) groups is 1. The van der Waals surface area contributed by atoms with Gasteiger partial charge in [-0.25, -0.2) is 9.79 Å². The largest absolute Gasteiger partial charge is 0.334 e. The van der Waals surface area contributed by atoms with Crippen LogP contribution in [0, 0.1) is 0 Å². The summed E-state index contributed by atoms with van der Waals surface area (Å²) in [5.74, 6) is 1.57. The van der Waals surface area contributed by atoms with E-state index in [0.717, 1.165) is 31.2 Å². The van der Waals surface area contributed by atoms with Crippen molar-refractivity contribution in [3.05, 3.63) is 49.1 Å². The number of aromatic nitrogens is 4. The highest BCUT2D eigenvalue weighted by molar-refractivity contribution is 7.08. The van der Waals surface area contributed by atoms with Crippen LogP contribution < -0.4 is 11.2 Å². The summed E-state index contributed by atoms with van der Waals surface area (Å²) in [6.07, 6.45) is 5.21. The molecule has 0 amide bonds. The first-order valence-corrected chi connectivity index (χ1v) is 11.8. The van der Waals surface area contributed by atoms with E-state index in [9.17, 15) is 9.59 Å². The highest BCUT2D eigenvalue weighted by Gasteiger charge is 2.24. The molecule has 0 saturated heterocycles. The molecular formula is C21H24ClN5O3S. The molecule has 4 heterocycles. The number of halogens is 1. The van der Waals surface area contributed by atoms with Gasteiger partial charge < -0.3 is 4.52 Å². The molecule has 164 valence electrons. The summed E-state index contributed by atoms with van der Waals surface area (Å²) in [5, 5.41) is 8.29. The van der Waals surface area contributed by atoms with Crippen LogP contribution in [-0.2, 0) is 25.9 Å². The normalized spacial score (nSPS) is 12.9. The number of hydrogen-bond acceptors (Lipinski definition) is 7. The van der Waals surface area contributed by atoms with Crippen LogP contribution in [0.25, 0.3) is 11.5 Å². The molecule has 0 aromatic carbocycles. The van der Waals surface area contributed by atoms with Gasteiger partial charge in [0, 0.05) is 31.3 Å². The highest BCUT2D eigenvalue weighted by Crippen LogP contribution is 2.24. The van der Waals surface area contributed by atoms with Crippen LogP contribution in [0.5, 0.6) is 0 Å². The van der Waals surface area contributed by atoms with Crippen molar-refractivity contribution in [1.29, 1.82) is 0 Å². The molecule has 0 saturated carbocycles. The first kappa shape index (κ1) is 21.7. The van der Waals surface area contributed by atoms with Crippen molar-refractivity contribution in [3.8, 4) is 11.5 Å². The Morgan fingerprint density at radius 3 is 2.74 bits per heavy atom. The minimum absolute atomic E-state index is 0.287. The van der Waals surface area contributed by atoms with Gasteiger partial charge >= 0.3 is 5.69 Å². The highest BCUT2D eigenvalue weighted by atomic mass is 35.5. The summed E-state index contributed by atoms with van der Waals surface area (Å²) in [6.45, 7) is 2.99. The van der Waals surface area contributed by atoms with Gasteiger partial charge in [0.05, 0.1) is 11.1 Å². The molecule has 31 heavy (non-hydrogen) atoms. The Morgan fingerprint density at radius 1 is 1.16 bits per heavy atom. The first-order valence-electron chi connectivity index (χ1n) is 10.5. The van der Waals surface area contributed by atoms with Crippen LogP contribution in [0.15, 0.2) is 35.9 Å². The number of hydrogen-bond donors (Lipinski definition) is 0. The molecule has 1 aliphatic rings. The molecule has 0 unspecified atom stereocenters. The lowest BCUT2D eigenvalue weighted by Gasteiger charge is -2.14. The standard InChI is InChI=1S/C21H24ClN5O3S/c1-2-3-5-9-26-18-15(12-16(22)23-18)20(28)27(21(26)29)10-6-4-7-17-24-19(30-25-17)14-8-11-31-13-14/h8,11,13H,2-7,9-10,12H2,1H3. The zero-order valence-electron chi connectivity index (χ0n) is 17.3. The number of nitrogens with zero attached hydrogens (tertiary/aromatic N) is 5. The Labute approximate surface area is 188 Å². The van der Waals surface area contributed by atoms with Crippen molar-refractivity contribution in [3.63, 3.8) is 0 Å². The maximum absolute atomic E-state index is 13.0. The molecule has 0 atom stereocenters. The van der Waals surface area contributed by atoms with Crippen LogP contribution in [-0.4, -0.2) is 24.4 Å². The van der Waals surface area contributed by atoms with E-state index in [0.29, 0.717) is 54.2 Å². The lowest BCUT2D eigenvalue weighted by molar-refractivity contribution is 0.420. The summed E-state index contributed by atoms with van der Waals surface area (Å²) >= 11 is 7.66. The van der Waals surface area contributed by atoms with E-state index in [-0.39, 0.29) is 17.7 Å². The van der Waals surface area contributed by atoms with Crippen LogP contribution in [0.3, 0.4) is 0 Å². The zero-order valence-corrected chi connectivity index (χ0v) is 18.9. The molecule has 10 heteroatoms. The van der Waals surface area contributed by atoms with Gasteiger partial charge in [-0.2, -0.15) is 16.3 Å². The maximum Gasteiger partial charge on any atom is 0.332 e. The molecule has 0 N–H and O–H groups in total. The molecule has 0 spiro atoms. The van der Waals surface area contributed by atoms with Gasteiger partial charge in [0.1, 0.15) is 11.0 Å². The van der Waals surface area contributed by atoms with Gasteiger partial charge in [0.2, 0.25) is 0 Å². The number of thiophene rings is 1. The summed E-state index contributed by atoms with van der Waals surface area (Å²) in [6, 6.07) is 1.93. The Bertz CT molecular complexity index is 1190. The minimum Gasteiger partial charge on any atom is -0.334 e. The van der Waals surface area contributed by atoms with Crippen molar-refractivity contribution in [2.24, 2.45) is 4.99 Å². The predicted octanol–water partition coefficient (Wildman–Crippen LogP) is 4.16. The van der Waals surface area contributed by atoms with E-state index in [2.05, 4.69) is 22.1 Å². The third-order valence-electron chi connectivity index (χ3n) is 5.29. The average Bonchev–Trinajstić information content (AvgIpc) is 3.50. The monoisotopic (exact) mass is 461 g/mol. The van der Waals surface area contributed by atoms with Gasteiger partial charge in [-0.1, -0.05) is 36.5 Å². The van der Waals surface area contributed by atoms with Crippen molar-refractivity contribution in [2.75, 3.05) is 0 Å². The number of rotatable bonds is 10. The van der Waals surface area contributed by atoms with Gasteiger partial charge in [-0.3, -0.25) is 13.9 Å². The molecule has 4 rings (SSSR count). The fraction of sp³-hybridized carbons (Fsp3) is 0.476. The molecule has 0 aliphatic carbocycles. The van der Waals surface area contributed by atoms with E-state index in [1.54, 1.807) is 15.9 Å². The summed E-state index contributed by atoms with van der Waals surface area (Å²) in [5.41, 5.74) is 0.831. The Morgan fingerprint density at radius 2 is 1.97 bits per heavy atom. The molecule has 3 aromatic rings. The molecule has 0 bridgehead atoms. The Hall–Kier alpha value is -2.52. The van der Waals surface area contributed by atoms with Crippen LogP contribution in [0.2, 0.25) is 0 Å². The van der Waals surface area contributed by atoms with Crippen LogP contribution in [0.1, 0.15) is 50.4 Å². The molecule has 3 aromatic heterocycles. The van der Waals surface area contributed by atoms with E-state index >= 15 is 0 Å². The van der Waals surface area contributed by atoms with Gasteiger partial charge in [0.15, 0.2) is 5.82 Å². The SMILES string of the molecule is CCCCCn1c2c(c(=O)n(CCCCc3noc(-c4ccsc4)n3)c1=O)CC(Cl)=N2. The summed E-state index contributed by atoms with van der Waals surface area (Å²) in [4.78, 5) is 34.6. The second-order valence-electron chi connectivity index (χ2n) is 7.55. The van der Waals surface area contributed by atoms with Gasteiger partial charge in [0.25, 0.3) is 11.4 Å². The molecule has 8 nitrogen and oxygen atoms in total. The minimum atomic E-state index is -0.311. The van der Waals surface area contributed by atoms with E-state index in [1.165, 1.54) is 4.57 Å². The van der Waals surface area contributed by atoms with Crippen molar-refractivity contribution in [2.45, 2.75) is 65.0 Å². The molecule has 1 aliphatic heterocycles. The van der Waals surface area contributed by atoms with E-state index in [4.69, 9.17) is 16.1 Å². The topological polar surface area (TPSA) is 95.3 Å². The zero-order chi connectivity index (χ0) is 21.8. The third kappa shape index (κ3) is 4.72. The fourth-order valence-electron chi connectivity index (χ4n) is 3.66. The maximum atomic E-state index is 13.0. The van der Waals surface area contributed by atoms with Gasteiger partial charge in [-0.05, 0) is 30.7 Å². The van der Waals surface area contributed by atoms with Gasteiger partial charge in [-0.15, -0.1) is 0 Å². The lowest BCUT2D eigenvalue weighted by Crippen LogP contribution is -2.41. The third-order valence-corrected chi connectivity index (χ3v) is 6.20. The molecule has 0 radical (unpaired) electrons. The second kappa shape index (κ2) is 9.74. The molecule has 0 fully saturated rings.